The van der Waals surface area contributed by atoms with E-state index < -0.39 is 11.7 Å². The quantitative estimate of drug-likeness (QED) is 0.778. The van der Waals surface area contributed by atoms with Crippen molar-refractivity contribution in [3.8, 4) is 0 Å². The van der Waals surface area contributed by atoms with Crippen molar-refractivity contribution in [3.63, 3.8) is 0 Å². The van der Waals surface area contributed by atoms with E-state index in [9.17, 15) is 9.59 Å². The van der Waals surface area contributed by atoms with E-state index in [2.05, 4.69) is 0 Å². The minimum atomic E-state index is -0.498. The molecule has 5 heteroatoms. The molecule has 1 amide bonds. The number of amides is 1. The van der Waals surface area contributed by atoms with E-state index in [1.807, 2.05) is 6.26 Å². The number of carbonyl (C=O) groups is 2. The lowest BCUT2D eigenvalue weighted by Gasteiger charge is -2.15. The maximum absolute atomic E-state index is 11.7. The predicted molar refractivity (Wildman–Crippen MR) is 66.5 cm³/mol. The Bertz CT molecular complexity index is 461. The smallest absolute Gasteiger partial charge is 0.299 e. The zero-order chi connectivity index (χ0) is 11.7. The predicted octanol–water partition coefficient (Wildman–Crippen LogP) is 2.23. The number of ketones is 1. The molecule has 0 N–H and O–H groups in total. The van der Waals surface area contributed by atoms with Gasteiger partial charge in [0.15, 0.2) is 0 Å². The van der Waals surface area contributed by atoms with Crippen LogP contribution in [-0.2, 0) is 4.79 Å². The number of rotatable bonds is 3. The van der Waals surface area contributed by atoms with Crippen molar-refractivity contribution in [1.82, 2.24) is 0 Å². The fourth-order valence-corrected chi connectivity index (χ4v) is 2.33. The summed E-state index contributed by atoms with van der Waals surface area (Å²) < 4.78 is 0. The summed E-state index contributed by atoms with van der Waals surface area (Å²) in [6, 6.07) is 5.13. The summed E-state index contributed by atoms with van der Waals surface area (Å²) in [5, 5.41) is 0.350. The van der Waals surface area contributed by atoms with Crippen molar-refractivity contribution in [2.24, 2.45) is 0 Å². The van der Waals surface area contributed by atoms with Gasteiger partial charge < -0.3 is 4.90 Å². The van der Waals surface area contributed by atoms with Crippen LogP contribution in [0.4, 0.5) is 5.69 Å². The third-order valence-corrected chi connectivity index (χ3v) is 3.37. The molecule has 3 nitrogen and oxygen atoms in total. The van der Waals surface area contributed by atoms with Gasteiger partial charge in [0.25, 0.3) is 11.7 Å². The number of carbonyl (C=O) groups excluding carboxylic acids is 2. The molecule has 0 aliphatic carbocycles. The third-order valence-electron chi connectivity index (χ3n) is 2.47. The molecule has 16 heavy (non-hydrogen) atoms. The van der Waals surface area contributed by atoms with Crippen molar-refractivity contribution in [3.05, 3.63) is 28.8 Å². The van der Waals surface area contributed by atoms with Gasteiger partial charge in [0.05, 0.1) is 16.3 Å². The molecule has 0 saturated carbocycles. The second-order valence-corrected chi connectivity index (χ2v) is 4.81. The molecule has 0 spiro atoms. The topological polar surface area (TPSA) is 37.4 Å². The molecule has 2 rings (SSSR count). The summed E-state index contributed by atoms with van der Waals surface area (Å²) >= 11 is 7.56. The fourth-order valence-electron chi connectivity index (χ4n) is 1.71. The highest BCUT2D eigenvalue weighted by molar-refractivity contribution is 7.98. The Kier molecular flexibility index (Phi) is 3.21. The van der Waals surface area contributed by atoms with Crippen molar-refractivity contribution >= 4 is 40.7 Å². The van der Waals surface area contributed by atoms with Crippen LogP contribution in [0.15, 0.2) is 18.2 Å². The highest BCUT2D eigenvalue weighted by Gasteiger charge is 2.36. The molecule has 0 radical (unpaired) electrons. The monoisotopic (exact) mass is 255 g/mol. The van der Waals surface area contributed by atoms with E-state index in [1.165, 1.54) is 4.90 Å². The minimum Gasteiger partial charge on any atom is -0.304 e. The van der Waals surface area contributed by atoms with Gasteiger partial charge in [-0.1, -0.05) is 17.7 Å². The van der Waals surface area contributed by atoms with Gasteiger partial charge in [-0.3, -0.25) is 9.59 Å². The molecule has 1 aliphatic rings. The molecule has 84 valence electrons. The van der Waals surface area contributed by atoms with Gasteiger partial charge in [0, 0.05) is 12.3 Å². The van der Waals surface area contributed by atoms with Crippen molar-refractivity contribution in [1.29, 1.82) is 0 Å². The molecular weight excluding hydrogens is 246 g/mol. The van der Waals surface area contributed by atoms with Gasteiger partial charge in [-0.15, -0.1) is 0 Å². The van der Waals surface area contributed by atoms with Crippen LogP contribution in [-0.4, -0.2) is 30.2 Å². The number of fused-ring (bicyclic) bond motifs is 1. The second kappa shape index (κ2) is 4.47. The van der Waals surface area contributed by atoms with Crippen molar-refractivity contribution in [2.45, 2.75) is 0 Å². The van der Waals surface area contributed by atoms with Gasteiger partial charge in [0.2, 0.25) is 0 Å². The fraction of sp³-hybridized carbons (Fsp3) is 0.273. The number of anilines is 1. The van der Waals surface area contributed by atoms with Crippen LogP contribution in [0.5, 0.6) is 0 Å². The Morgan fingerprint density at radius 2 is 2.12 bits per heavy atom. The van der Waals surface area contributed by atoms with Crippen LogP contribution in [0.25, 0.3) is 0 Å². The first-order valence-electron chi connectivity index (χ1n) is 4.80. The molecule has 1 heterocycles. The van der Waals surface area contributed by atoms with Gasteiger partial charge in [-0.25, -0.2) is 0 Å². The van der Waals surface area contributed by atoms with Gasteiger partial charge in [-0.2, -0.15) is 11.8 Å². The van der Waals surface area contributed by atoms with E-state index in [-0.39, 0.29) is 0 Å². The zero-order valence-electron chi connectivity index (χ0n) is 8.70. The Labute approximate surface area is 103 Å². The maximum Gasteiger partial charge on any atom is 0.299 e. The first-order valence-corrected chi connectivity index (χ1v) is 6.57. The number of hydrogen-bond acceptors (Lipinski definition) is 3. The highest BCUT2D eigenvalue weighted by atomic mass is 35.5. The van der Waals surface area contributed by atoms with E-state index in [4.69, 9.17) is 11.6 Å². The number of benzene rings is 1. The summed E-state index contributed by atoms with van der Waals surface area (Å²) in [5.41, 5.74) is 0.979. The van der Waals surface area contributed by atoms with Crippen molar-refractivity contribution < 1.29 is 9.59 Å². The molecule has 0 unspecified atom stereocenters. The van der Waals surface area contributed by atoms with E-state index in [0.29, 0.717) is 22.8 Å². The summed E-state index contributed by atoms with van der Waals surface area (Å²) in [7, 11) is 0. The number of halogens is 1. The number of nitrogens with zero attached hydrogens (tertiary/aromatic N) is 1. The summed E-state index contributed by atoms with van der Waals surface area (Å²) in [6.45, 7) is 0.541. The lowest BCUT2D eigenvalue weighted by atomic mass is 10.1. The Morgan fingerprint density at radius 3 is 2.81 bits per heavy atom. The number of thioether (sulfide) groups is 1. The normalized spacial score (nSPS) is 14.5. The summed E-state index contributed by atoms with van der Waals surface area (Å²) in [6.07, 6.45) is 1.96. The minimum absolute atomic E-state index is 0.343. The van der Waals surface area contributed by atoms with E-state index in [1.54, 1.807) is 30.0 Å². The zero-order valence-corrected chi connectivity index (χ0v) is 10.3. The van der Waals surface area contributed by atoms with Crippen LogP contribution < -0.4 is 4.90 Å². The highest BCUT2D eigenvalue weighted by Crippen LogP contribution is 2.33. The molecular formula is C11H10ClNO2S. The van der Waals surface area contributed by atoms with Gasteiger partial charge >= 0.3 is 0 Å². The molecule has 0 aromatic heterocycles. The van der Waals surface area contributed by atoms with E-state index >= 15 is 0 Å². The molecule has 1 aliphatic heterocycles. The largest absolute Gasteiger partial charge is 0.304 e. The molecule has 0 atom stereocenters. The van der Waals surface area contributed by atoms with Crippen LogP contribution in [0.2, 0.25) is 5.02 Å². The Morgan fingerprint density at radius 1 is 1.38 bits per heavy atom. The molecule has 1 aromatic carbocycles. The average molecular weight is 256 g/mol. The van der Waals surface area contributed by atoms with Crippen LogP contribution in [0, 0.1) is 0 Å². The second-order valence-electron chi connectivity index (χ2n) is 3.41. The lowest BCUT2D eigenvalue weighted by Crippen LogP contribution is -2.31. The molecule has 0 bridgehead atoms. The maximum atomic E-state index is 11.7. The van der Waals surface area contributed by atoms with E-state index in [0.717, 1.165) is 5.75 Å². The molecule has 0 fully saturated rings. The lowest BCUT2D eigenvalue weighted by molar-refractivity contribution is -0.114. The van der Waals surface area contributed by atoms with Crippen molar-refractivity contribution in [2.75, 3.05) is 23.5 Å². The van der Waals surface area contributed by atoms with Crippen LogP contribution in [0.3, 0.4) is 0 Å². The summed E-state index contributed by atoms with van der Waals surface area (Å²) in [4.78, 5) is 24.9. The van der Waals surface area contributed by atoms with Crippen LogP contribution in [0.1, 0.15) is 10.4 Å². The Balaban J connectivity index is 2.42. The van der Waals surface area contributed by atoms with Gasteiger partial charge in [-0.05, 0) is 18.4 Å². The average Bonchev–Trinajstić information content (AvgIpc) is 2.51. The number of hydrogen-bond donors (Lipinski definition) is 0. The van der Waals surface area contributed by atoms with Crippen LogP contribution >= 0.6 is 23.4 Å². The first kappa shape index (κ1) is 11.5. The third kappa shape index (κ3) is 1.72. The molecule has 0 saturated heterocycles. The summed E-state index contributed by atoms with van der Waals surface area (Å²) in [5.74, 6) is -0.177. The Hall–Kier alpha value is -1.00. The SMILES string of the molecule is CSCCN1C(=O)C(=O)c2c(Cl)cccc21. The first-order chi connectivity index (χ1) is 7.66. The standard InChI is InChI=1S/C11H10ClNO2S/c1-16-6-5-13-8-4-2-3-7(12)9(8)10(14)11(13)15/h2-4H,5-6H2,1H3. The molecule has 1 aromatic rings. The van der Waals surface area contributed by atoms with Gasteiger partial charge in [0.1, 0.15) is 0 Å². The number of Topliss-reactive ketones (excluding diaryl/α,β-unsaturated/α-hetero) is 1.